The van der Waals surface area contributed by atoms with Crippen molar-refractivity contribution in [3.05, 3.63) is 0 Å². The zero-order chi connectivity index (χ0) is 9.84. The summed E-state index contributed by atoms with van der Waals surface area (Å²) in [6.45, 7) is 3.20. The first-order valence-electron chi connectivity index (χ1n) is 4.29. The highest BCUT2D eigenvalue weighted by Gasteiger charge is 2.29. The van der Waals surface area contributed by atoms with Crippen molar-refractivity contribution < 1.29 is 14.3 Å². The molecule has 5 nitrogen and oxygen atoms in total. The molecule has 1 rings (SSSR count). The molecule has 0 saturated carbocycles. The van der Waals surface area contributed by atoms with Crippen molar-refractivity contribution in [2.75, 3.05) is 20.2 Å². The van der Waals surface area contributed by atoms with Gasteiger partial charge >= 0.3 is 6.09 Å². The van der Waals surface area contributed by atoms with Crippen molar-refractivity contribution in [1.82, 2.24) is 10.2 Å². The lowest BCUT2D eigenvalue weighted by molar-refractivity contribution is -0.127. The Hall–Kier alpha value is -1.26. The van der Waals surface area contributed by atoms with E-state index in [1.54, 1.807) is 4.90 Å². The van der Waals surface area contributed by atoms with E-state index in [-0.39, 0.29) is 11.9 Å². The van der Waals surface area contributed by atoms with Gasteiger partial charge in [-0.1, -0.05) is 0 Å². The Labute approximate surface area is 77.0 Å². The monoisotopic (exact) mass is 186 g/mol. The average Bonchev–Trinajstić information content (AvgIpc) is 2.46. The van der Waals surface area contributed by atoms with Gasteiger partial charge in [0, 0.05) is 19.5 Å². The van der Waals surface area contributed by atoms with Crippen LogP contribution in [0.5, 0.6) is 0 Å². The highest BCUT2D eigenvalue weighted by atomic mass is 16.5. The average molecular weight is 186 g/mol. The molecule has 1 heterocycles. The number of nitrogens with one attached hydrogen (secondary N) is 1. The summed E-state index contributed by atoms with van der Waals surface area (Å²) in [7, 11) is 1.31. The Morgan fingerprint density at radius 3 is 2.92 bits per heavy atom. The topological polar surface area (TPSA) is 58.6 Å². The lowest BCUT2D eigenvalue weighted by Crippen LogP contribution is -2.36. The molecule has 1 unspecified atom stereocenters. The summed E-state index contributed by atoms with van der Waals surface area (Å²) in [6, 6.07) is -0.0973. The fourth-order valence-electron chi connectivity index (χ4n) is 1.40. The SMILES string of the molecule is CCN1CC(NC(=O)OC)CC1=O. The van der Waals surface area contributed by atoms with Crippen molar-refractivity contribution >= 4 is 12.0 Å². The first-order chi connectivity index (χ1) is 6.17. The van der Waals surface area contributed by atoms with Gasteiger partial charge in [-0.15, -0.1) is 0 Å². The zero-order valence-corrected chi connectivity index (χ0v) is 7.87. The third-order valence-corrected chi connectivity index (χ3v) is 2.10. The van der Waals surface area contributed by atoms with Crippen molar-refractivity contribution in [2.24, 2.45) is 0 Å². The smallest absolute Gasteiger partial charge is 0.407 e. The Morgan fingerprint density at radius 1 is 1.77 bits per heavy atom. The molecule has 0 spiro atoms. The number of likely N-dealkylation sites (tertiary alicyclic amines) is 1. The highest BCUT2D eigenvalue weighted by molar-refractivity contribution is 5.80. The molecular formula is C8H14N2O3. The molecule has 0 aromatic carbocycles. The number of likely N-dealkylation sites (N-methyl/N-ethyl adjacent to an activating group) is 1. The van der Waals surface area contributed by atoms with E-state index in [1.165, 1.54) is 7.11 Å². The predicted molar refractivity (Wildman–Crippen MR) is 46.2 cm³/mol. The number of methoxy groups -OCH3 is 1. The van der Waals surface area contributed by atoms with Crippen LogP contribution < -0.4 is 5.32 Å². The molecule has 74 valence electrons. The normalized spacial score (nSPS) is 21.8. The number of amides is 2. The third-order valence-electron chi connectivity index (χ3n) is 2.10. The van der Waals surface area contributed by atoms with E-state index in [1.807, 2.05) is 6.92 Å². The van der Waals surface area contributed by atoms with E-state index >= 15 is 0 Å². The fourth-order valence-corrected chi connectivity index (χ4v) is 1.40. The molecule has 2 amide bonds. The van der Waals surface area contributed by atoms with Gasteiger partial charge in [0.25, 0.3) is 0 Å². The summed E-state index contributed by atoms with van der Waals surface area (Å²) in [5, 5.41) is 2.60. The van der Waals surface area contributed by atoms with Gasteiger partial charge in [-0.05, 0) is 6.92 Å². The predicted octanol–water partition coefficient (Wildman–Crippen LogP) is -0.0368. The maximum atomic E-state index is 11.2. The molecule has 0 aliphatic carbocycles. The summed E-state index contributed by atoms with van der Waals surface area (Å²) in [5.41, 5.74) is 0. The summed E-state index contributed by atoms with van der Waals surface area (Å²) >= 11 is 0. The molecule has 1 aliphatic heterocycles. The van der Waals surface area contributed by atoms with E-state index < -0.39 is 6.09 Å². The van der Waals surface area contributed by atoms with Crippen molar-refractivity contribution in [1.29, 1.82) is 0 Å². The molecule has 13 heavy (non-hydrogen) atoms. The minimum absolute atomic E-state index is 0.0869. The van der Waals surface area contributed by atoms with Crippen LogP contribution in [-0.2, 0) is 9.53 Å². The number of carbonyl (C=O) groups is 2. The fraction of sp³-hybridized carbons (Fsp3) is 0.750. The molecule has 0 bridgehead atoms. The third kappa shape index (κ3) is 2.34. The Morgan fingerprint density at radius 2 is 2.46 bits per heavy atom. The molecule has 0 aromatic heterocycles. The van der Waals surface area contributed by atoms with Gasteiger partial charge < -0.3 is 15.0 Å². The zero-order valence-electron chi connectivity index (χ0n) is 7.87. The minimum Gasteiger partial charge on any atom is -0.453 e. The Bertz CT molecular complexity index is 217. The summed E-state index contributed by atoms with van der Waals surface area (Å²) in [5.74, 6) is 0.0869. The molecule has 1 N–H and O–H groups in total. The van der Waals surface area contributed by atoms with Crippen LogP contribution in [0, 0.1) is 0 Å². The lowest BCUT2D eigenvalue weighted by atomic mass is 10.3. The van der Waals surface area contributed by atoms with Gasteiger partial charge in [-0.3, -0.25) is 4.79 Å². The maximum absolute atomic E-state index is 11.2. The largest absolute Gasteiger partial charge is 0.453 e. The van der Waals surface area contributed by atoms with Crippen LogP contribution in [-0.4, -0.2) is 43.1 Å². The Balaban J connectivity index is 2.40. The highest BCUT2D eigenvalue weighted by Crippen LogP contribution is 2.10. The number of nitrogens with zero attached hydrogens (tertiary/aromatic N) is 1. The number of alkyl carbamates (subject to hydrolysis) is 1. The van der Waals surface area contributed by atoms with Crippen molar-refractivity contribution in [3.8, 4) is 0 Å². The lowest BCUT2D eigenvalue weighted by Gasteiger charge is -2.13. The standard InChI is InChI=1S/C8H14N2O3/c1-3-10-5-6(4-7(10)11)9-8(12)13-2/h6H,3-5H2,1-2H3,(H,9,12). The summed E-state index contributed by atoms with van der Waals surface area (Å²) in [4.78, 5) is 23.7. The quantitative estimate of drug-likeness (QED) is 0.658. The molecule has 1 atom stereocenters. The van der Waals surface area contributed by atoms with Crippen LogP contribution in [0.2, 0.25) is 0 Å². The number of rotatable bonds is 2. The van der Waals surface area contributed by atoms with Gasteiger partial charge in [0.2, 0.25) is 5.91 Å². The van der Waals surface area contributed by atoms with Crippen LogP contribution in [0.15, 0.2) is 0 Å². The van der Waals surface area contributed by atoms with Gasteiger partial charge in [0.1, 0.15) is 0 Å². The first kappa shape index (κ1) is 9.83. The second kappa shape index (κ2) is 4.11. The van der Waals surface area contributed by atoms with Crippen LogP contribution in [0.3, 0.4) is 0 Å². The molecule has 1 saturated heterocycles. The second-order valence-electron chi connectivity index (χ2n) is 2.97. The van der Waals surface area contributed by atoms with Crippen molar-refractivity contribution in [2.45, 2.75) is 19.4 Å². The van der Waals surface area contributed by atoms with E-state index in [9.17, 15) is 9.59 Å². The molecule has 0 aromatic rings. The second-order valence-corrected chi connectivity index (χ2v) is 2.97. The van der Waals surface area contributed by atoms with E-state index in [2.05, 4.69) is 10.1 Å². The maximum Gasteiger partial charge on any atom is 0.407 e. The number of carbonyl (C=O) groups excluding carboxylic acids is 2. The van der Waals surface area contributed by atoms with Crippen LogP contribution in [0.1, 0.15) is 13.3 Å². The number of hydrogen-bond acceptors (Lipinski definition) is 3. The number of ether oxygens (including phenoxy) is 1. The van der Waals surface area contributed by atoms with E-state index in [4.69, 9.17) is 0 Å². The molecule has 1 fully saturated rings. The van der Waals surface area contributed by atoms with Crippen LogP contribution in [0.25, 0.3) is 0 Å². The minimum atomic E-state index is -0.476. The molecule has 5 heteroatoms. The number of hydrogen-bond donors (Lipinski definition) is 1. The van der Waals surface area contributed by atoms with Crippen molar-refractivity contribution in [3.63, 3.8) is 0 Å². The van der Waals surface area contributed by atoms with Gasteiger partial charge in [-0.25, -0.2) is 4.79 Å². The van der Waals surface area contributed by atoms with E-state index in [0.29, 0.717) is 19.5 Å². The molecule has 1 aliphatic rings. The van der Waals surface area contributed by atoms with Gasteiger partial charge in [-0.2, -0.15) is 0 Å². The van der Waals surface area contributed by atoms with Crippen LogP contribution >= 0.6 is 0 Å². The first-order valence-corrected chi connectivity index (χ1v) is 4.29. The summed E-state index contributed by atoms with van der Waals surface area (Å²) < 4.78 is 4.44. The summed E-state index contributed by atoms with van der Waals surface area (Å²) in [6.07, 6.45) is -0.0982. The van der Waals surface area contributed by atoms with Crippen LogP contribution in [0.4, 0.5) is 4.79 Å². The van der Waals surface area contributed by atoms with Gasteiger partial charge in [0.05, 0.1) is 13.2 Å². The van der Waals surface area contributed by atoms with E-state index in [0.717, 1.165) is 0 Å². The van der Waals surface area contributed by atoms with Gasteiger partial charge in [0.15, 0.2) is 0 Å². The molecular weight excluding hydrogens is 172 g/mol. The Kier molecular flexibility index (Phi) is 3.11. The molecule has 0 radical (unpaired) electrons.